The summed E-state index contributed by atoms with van der Waals surface area (Å²) < 4.78 is 45.4. The van der Waals surface area contributed by atoms with Gasteiger partial charge in [0, 0.05) is 42.8 Å². The van der Waals surface area contributed by atoms with Crippen molar-refractivity contribution in [3.63, 3.8) is 0 Å². The summed E-state index contributed by atoms with van der Waals surface area (Å²) in [7, 11) is -10.4. The van der Waals surface area contributed by atoms with Gasteiger partial charge in [0.25, 0.3) is 8.32 Å². The van der Waals surface area contributed by atoms with E-state index in [-0.39, 0.29) is 77.4 Å². The van der Waals surface area contributed by atoms with Gasteiger partial charge in [-0.15, -0.1) is 0 Å². The third-order valence-corrected chi connectivity index (χ3v) is 43.3. The van der Waals surface area contributed by atoms with Crippen LogP contribution >= 0.6 is 0 Å². The monoisotopic (exact) mass is 1190 g/mol. The number of aliphatic hydroxyl groups excluding tert-OH is 1. The Morgan fingerprint density at radius 3 is 1.35 bits per heavy atom. The minimum absolute atomic E-state index is 0.00632. The molecule has 0 aliphatic carbocycles. The minimum Gasteiger partial charge on any atom is -0.415 e. The summed E-state index contributed by atoms with van der Waals surface area (Å²) in [6.07, 6.45) is 2.18. The molecule has 1 aliphatic heterocycles. The Morgan fingerprint density at radius 2 is 0.975 bits per heavy atom. The molecule has 1 aliphatic rings. The summed E-state index contributed by atoms with van der Waals surface area (Å²) in [5.74, 6) is -0.981. The van der Waals surface area contributed by atoms with Crippen LogP contribution in [0.2, 0.25) is 53.4 Å². The second kappa shape index (κ2) is 26.6. The normalized spacial score (nSPS) is 20.6. The molecule has 0 radical (unpaired) electrons. The van der Waals surface area contributed by atoms with Crippen molar-refractivity contribution < 1.29 is 32.3 Å². The van der Waals surface area contributed by atoms with Crippen LogP contribution in [0.25, 0.3) is 0 Å². The first-order chi connectivity index (χ1) is 36.5. The van der Waals surface area contributed by atoms with Crippen molar-refractivity contribution in [2.24, 2.45) is 23.2 Å². The van der Waals surface area contributed by atoms with E-state index in [1.54, 1.807) is 0 Å². The van der Waals surface area contributed by atoms with Gasteiger partial charge < -0.3 is 32.3 Å². The number of aliphatic hydroxyl groups is 1. The van der Waals surface area contributed by atoms with Crippen LogP contribution < -0.4 is 10.4 Å². The maximum Gasteiger partial charge on any atom is 0.261 e. The lowest BCUT2D eigenvalue weighted by Gasteiger charge is -2.61. The molecular weight excluding hydrogens is 1070 g/mol. The molecule has 1 saturated heterocycles. The standard InChI is InChI=1S/C70H130O7Si4/c1-33-78(34-2,35-3)77-61(69(29,30)59(76-81(66(20,21)22,67(23,24)25)68(26,27)28)46-47-72-80(63(11,12)13,64(14,15)16)65(17,18)19)54(7)60(71)52(5)48-51(4)57-49-58(75-70(31,32)74-57)53(6)50-73-79(62(8,9)10,55-42-38-36-39-43-55)56-44-40-37-41-45-56/h36-45,48,51,53-54,57-61,71H,33-35,46-47,49-50H2,1-32H3/b52-48+/t51-,53-,54-,57-,58+,59-,60-,61+/m0/s1. The maximum absolute atomic E-state index is 13.1. The molecule has 1 N–H and O–H groups in total. The van der Waals surface area contributed by atoms with Crippen LogP contribution in [-0.4, -0.2) is 87.9 Å². The molecule has 0 aromatic heterocycles. The van der Waals surface area contributed by atoms with Gasteiger partial charge in [0.05, 0.1) is 30.5 Å². The first kappa shape index (κ1) is 74.0. The molecule has 81 heavy (non-hydrogen) atoms. The third kappa shape index (κ3) is 15.7. The summed E-state index contributed by atoms with van der Waals surface area (Å²) >= 11 is 0. The first-order valence-electron chi connectivity index (χ1n) is 31.9. The van der Waals surface area contributed by atoms with Crippen molar-refractivity contribution in [1.29, 1.82) is 0 Å². The molecule has 468 valence electrons. The number of rotatable bonds is 24. The molecule has 1 fully saturated rings. The molecule has 11 heteroatoms. The quantitative estimate of drug-likeness (QED) is 0.0829. The average Bonchev–Trinajstić information content (AvgIpc) is 3.43. The highest BCUT2D eigenvalue weighted by Gasteiger charge is 2.65. The maximum atomic E-state index is 13.1. The van der Waals surface area contributed by atoms with Gasteiger partial charge in [-0.2, -0.15) is 0 Å². The SMILES string of the molecule is CC[Si](CC)(CC)O[C@H]([C@@H](C)[C@@H](O)/C(C)=C/[C@H](C)[C@@H]1C[C@H]([C@@H](C)CO[Si](c2ccccc2)(c2ccccc2)C(C)(C)C)OC(C)(C)O1)C(C)(C)[C@H](CCO[Si](C(C)(C)C)(C(C)(C)C)C(C)(C)C)O[Si](C(C)(C)C)(C(C)(C)C)C(C)(C)C. The Bertz CT molecular complexity index is 2140. The average molecular weight is 1200 g/mol. The van der Waals surface area contributed by atoms with E-state index in [0.29, 0.717) is 19.6 Å². The number of ether oxygens (including phenoxy) is 2. The molecule has 0 bridgehead atoms. The van der Waals surface area contributed by atoms with E-state index < -0.39 is 50.6 Å². The first-order valence-corrected chi connectivity index (χ1v) is 40.2. The van der Waals surface area contributed by atoms with Crippen LogP contribution in [0.1, 0.15) is 234 Å². The Kier molecular flexibility index (Phi) is 24.3. The molecule has 0 spiro atoms. The highest BCUT2D eigenvalue weighted by atomic mass is 28.4. The van der Waals surface area contributed by atoms with Gasteiger partial charge in [0.2, 0.25) is 16.6 Å². The van der Waals surface area contributed by atoms with Crippen LogP contribution in [0, 0.1) is 23.2 Å². The molecule has 0 saturated carbocycles. The fourth-order valence-electron chi connectivity index (χ4n) is 17.5. The number of hydrogen-bond acceptors (Lipinski definition) is 7. The predicted molar refractivity (Wildman–Crippen MR) is 360 cm³/mol. The van der Waals surface area contributed by atoms with Crippen LogP contribution in [0.5, 0.6) is 0 Å². The van der Waals surface area contributed by atoms with E-state index in [1.807, 2.05) is 0 Å². The van der Waals surface area contributed by atoms with Crippen LogP contribution in [-0.2, 0) is 27.2 Å². The Hall–Kier alpha value is -1.23. The van der Waals surface area contributed by atoms with Gasteiger partial charge in [-0.25, -0.2) is 0 Å². The minimum atomic E-state index is -2.81. The fraction of sp³-hybridized carbons (Fsp3) is 0.800. The number of hydrogen-bond donors (Lipinski definition) is 1. The van der Waals surface area contributed by atoms with E-state index in [2.05, 4.69) is 288 Å². The summed E-state index contributed by atoms with van der Waals surface area (Å²) in [6.45, 7) is 76.7. The van der Waals surface area contributed by atoms with E-state index in [9.17, 15) is 5.11 Å². The zero-order chi connectivity index (χ0) is 62.8. The molecule has 0 amide bonds. The van der Waals surface area contributed by atoms with Crippen molar-refractivity contribution in [3.8, 4) is 0 Å². The van der Waals surface area contributed by atoms with Crippen molar-refractivity contribution >= 4 is 43.6 Å². The topological polar surface area (TPSA) is 75.6 Å². The van der Waals surface area contributed by atoms with Gasteiger partial charge in [0.1, 0.15) is 0 Å². The van der Waals surface area contributed by atoms with Crippen molar-refractivity contribution in [2.75, 3.05) is 13.2 Å². The molecular formula is C70H130O7Si4. The van der Waals surface area contributed by atoms with E-state index in [4.69, 9.17) is 27.2 Å². The molecule has 3 rings (SSSR count). The van der Waals surface area contributed by atoms with Crippen molar-refractivity contribution in [1.82, 2.24) is 0 Å². The van der Waals surface area contributed by atoms with Gasteiger partial charge in [-0.1, -0.05) is 268 Å². The lowest BCUT2D eigenvalue weighted by molar-refractivity contribution is -0.313. The van der Waals surface area contributed by atoms with E-state index in [1.165, 1.54) is 10.4 Å². The van der Waals surface area contributed by atoms with E-state index in [0.717, 1.165) is 30.1 Å². The van der Waals surface area contributed by atoms with Gasteiger partial charge >= 0.3 is 0 Å². The third-order valence-electron chi connectivity index (χ3n) is 19.7. The highest BCUT2D eigenvalue weighted by Crippen LogP contribution is 2.65. The molecule has 1 heterocycles. The second-order valence-electron chi connectivity index (χ2n) is 33.7. The number of benzene rings is 2. The summed E-state index contributed by atoms with van der Waals surface area (Å²) in [4.78, 5) is 0. The zero-order valence-corrected chi connectivity index (χ0v) is 62.8. The van der Waals surface area contributed by atoms with E-state index >= 15 is 0 Å². The molecule has 7 nitrogen and oxygen atoms in total. The molecule has 2 aromatic rings. The van der Waals surface area contributed by atoms with Gasteiger partial charge in [-0.3, -0.25) is 0 Å². The second-order valence-corrected chi connectivity index (χ2v) is 55.0. The van der Waals surface area contributed by atoms with Crippen LogP contribution in [0.3, 0.4) is 0 Å². The van der Waals surface area contributed by atoms with Crippen LogP contribution in [0.4, 0.5) is 0 Å². The van der Waals surface area contributed by atoms with Crippen LogP contribution in [0.15, 0.2) is 72.3 Å². The van der Waals surface area contributed by atoms with Gasteiger partial charge in [0.15, 0.2) is 14.1 Å². The smallest absolute Gasteiger partial charge is 0.261 e. The Labute approximate surface area is 505 Å². The Balaban J connectivity index is 2.20. The Morgan fingerprint density at radius 1 is 0.580 bits per heavy atom. The predicted octanol–water partition coefficient (Wildman–Crippen LogP) is 19.6. The molecule has 0 unspecified atom stereocenters. The summed E-state index contributed by atoms with van der Waals surface area (Å²) in [5.41, 5.74) is 0.403. The summed E-state index contributed by atoms with van der Waals surface area (Å²) in [5, 5.41) is 15.1. The molecule has 2 aromatic carbocycles. The highest BCUT2D eigenvalue weighted by molar-refractivity contribution is 6.99. The van der Waals surface area contributed by atoms with Crippen molar-refractivity contribution in [2.45, 2.75) is 324 Å². The van der Waals surface area contributed by atoms with Crippen molar-refractivity contribution in [3.05, 3.63) is 72.3 Å². The largest absolute Gasteiger partial charge is 0.415 e. The fourth-order valence-corrected chi connectivity index (χ4v) is 42.4. The lowest BCUT2D eigenvalue weighted by atomic mass is 9.72. The van der Waals surface area contributed by atoms with Gasteiger partial charge in [-0.05, 0) is 96.5 Å². The zero-order valence-electron chi connectivity index (χ0n) is 58.8. The summed E-state index contributed by atoms with van der Waals surface area (Å²) in [6, 6.07) is 24.9. The molecule has 8 atom stereocenters. The lowest BCUT2D eigenvalue weighted by Crippen LogP contribution is -2.67.